The van der Waals surface area contributed by atoms with E-state index in [0.717, 1.165) is 25.9 Å². The fourth-order valence-corrected chi connectivity index (χ4v) is 4.23. The van der Waals surface area contributed by atoms with Crippen LogP contribution in [0.4, 0.5) is 5.69 Å². The van der Waals surface area contributed by atoms with E-state index < -0.39 is 6.10 Å². The Labute approximate surface area is 180 Å². The van der Waals surface area contributed by atoms with E-state index in [0.29, 0.717) is 51.0 Å². The molecule has 0 saturated carbocycles. The maximum Gasteiger partial charge on any atom is 0.255 e. The number of fused-ring (bicyclic) bond motifs is 1. The van der Waals surface area contributed by atoms with E-state index in [-0.39, 0.29) is 34.4 Å². The van der Waals surface area contributed by atoms with Crippen molar-refractivity contribution in [3.63, 3.8) is 0 Å². The highest BCUT2D eigenvalue weighted by Gasteiger charge is 2.30. The zero-order valence-electron chi connectivity index (χ0n) is 16.8. The molecule has 4 N–H and O–H groups in total. The number of piperidine rings is 1. The number of nitrogen functional groups attached to an aromatic ring is 1. The Hall–Kier alpha value is -1.78. The van der Waals surface area contributed by atoms with Crippen LogP contribution in [-0.2, 0) is 9.47 Å². The van der Waals surface area contributed by atoms with Gasteiger partial charge in [-0.3, -0.25) is 4.79 Å². The fraction of sp³-hybridized carbons (Fsp3) is 0.650. The normalized spacial score (nSPS) is 24.7. The number of hydrogen-bond acceptors (Lipinski definition) is 8. The van der Waals surface area contributed by atoms with Crippen LogP contribution in [0.3, 0.4) is 0 Å². The molecule has 2 saturated heterocycles. The number of rotatable bonds is 6. The number of aliphatic hydroxyl groups is 1. The van der Waals surface area contributed by atoms with Gasteiger partial charge in [-0.05, 0) is 19.0 Å². The van der Waals surface area contributed by atoms with Crippen molar-refractivity contribution >= 4 is 23.2 Å². The SMILES string of the molecule is Nc1cc(C(=O)NC[C@@H]2CCN(CCC3OCCO3)CC2O)c2c(c1Cl)OCCO2. The molecule has 3 heterocycles. The van der Waals surface area contributed by atoms with Gasteiger partial charge in [0.1, 0.15) is 18.2 Å². The molecule has 166 valence electrons. The Morgan fingerprint density at radius 3 is 2.70 bits per heavy atom. The zero-order valence-corrected chi connectivity index (χ0v) is 17.5. The lowest BCUT2D eigenvalue weighted by Crippen LogP contribution is -2.48. The number of likely N-dealkylation sites (tertiary alicyclic amines) is 1. The molecular formula is C20H28ClN3O6. The van der Waals surface area contributed by atoms with Crippen molar-refractivity contribution in [2.75, 3.05) is 58.3 Å². The number of nitrogens with one attached hydrogen (secondary N) is 1. The third-order valence-corrected chi connectivity index (χ3v) is 6.12. The number of ether oxygens (including phenoxy) is 4. The second kappa shape index (κ2) is 9.57. The van der Waals surface area contributed by atoms with Gasteiger partial charge in [-0.25, -0.2) is 0 Å². The maximum absolute atomic E-state index is 12.8. The van der Waals surface area contributed by atoms with E-state index in [1.807, 2.05) is 0 Å². The summed E-state index contributed by atoms with van der Waals surface area (Å²) in [5, 5.41) is 13.7. The number of carbonyl (C=O) groups excluding carboxylic acids is 1. The third kappa shape index (κ3) is 4.76. The highest BCUT2D eigenvalue weighted by molar-refractivity contribution is 6.35. The summed E-state index contributed by atoms with van der Waals surface area (Å²) in [5.74, 6) is 0.258. The molecule has 3 aliphatic heterocycles. The van der Waals surface area contributed by atoms with Gasteiger partial charge in [-0.1, -0.05) is 11.6 Å². The maximum atomic E-state index is 12.8. The average Bonchev–Trinajstić information content (AvgIpc) is 3.27. The van der Waals surface area contributed by atoms with Crippen LogP contribution in [0, 0.1) is 5.92 Å². The summed E-state index contributed by atoms with van der Waals surface area (Å²) in [6, 6.07) is 1.50. The summed E-state index contributed by atoms with van der Waals surface area (Å²) in [5.41, 5.74) is 6.47. The molecular weight excluding hydrogens is 414 g/mol. The standard InChI is InChI=1S/C20H28ClN3O6/c21-17-14(22)9-13(18-19(17)30-8-7-29-18)20(26)23-10-12-1-3-24(11-15(12)25)4-2-16-27-5-6-28-16/h9,12,15-16,25H,1-8,10-11,22H2,(H,23,26)/t12-,15?/m0/s1. The minimum Gasteiger partial charge on any atom is -0.485 e. The molecule has 0 spiro atoms. The molecule has 3 aliphatic rings. The first kappa shape index (κ1) is 21.5. The molecule has 0 radical (unpaired) electrons. The van der Waals surface area contributed by atoms with Crippen LogP contribution in [0.5, 0.6) is 11.5 Å². The molecule has 1 aromatic rings. The van der Waals surface area contributed by atoms with Crippen LogP contribution in [0.15, 0.2) is 6.07 Å². The number of β-amino-alcohol motifs (C(OH)–C–C–N with tert-alkyl or cyclic N) is 1. The minimum absolute atomic E-state index is 0.0261. The number of nitrogens with zero attached hydrogens (tertiary/aromatic N) is 1. The van der Waals surface area contributed by atoms with Gasteiger partial charge in [0.25, 0.3) is 5.91 Å². The Balaban J connectivity index is 1.30. The molecule has 30 heavy (non-hydrogen) atoms. The van der Waals surface area contributed by atoms with Crippen LogP contribution >= 0.6 is 11.6 Å². The number of anilines is 1. The van der Waals surface area contributed by atoms with Gasteiger partial charge in [-0.15, -0.1) is 0 Å². The number of amides is 1. The number of benzene rings is 1. The second-order valence-corrected chi connectivity index (χ2v) is 8.15. The summed E-state index contributed by atoms with van der Waals surface area (Å²) in [6.45, 7) is 4.57. The first-order valence-corrected chi connectivity index (χ1v) is 10.7. The van der Waals surface area contributed by atoms with Crippen molar-refractivity contribution in [2.24, 2.45) is 5.92 Å². The van der Waals surface area contributed by atoms with E-state index in [2.05, 4.69) is 10.2 Å². The van der Waals surface area contributed by atoms with Crippen molar-refractivity contribution in [3.05, 3.63) is 16.7 Å². The van der Waals surface area contributed by atoms with Crippen molar-refractivity contribution < 1.29 is 28.8 Å². The average molecular weight is 442 g/mol. The number of aliphatic hydroxyl groups excluding tert-OH is 1. The number of halogens is 1. The first-order valence-electron chi connectivity index (χ1n) is 10.3. The van der Waals surface area contributed by atoms with Gasteiger partial charge in [0.05, 0.1) is 30.6 Å². The van der Waals surface area contributed by atoms with E-state index in [1.165, 1.54) is 6.07 Å². The summed E-state index contributed by atoms with van der Waals surface area (Å²) >= 11 is 6.17. The van der Waals surface area contributed by atoms with Crippen molar-refractivity contribution in [1.82, 2.24) is 10.2 Å². The Morgan fingerprint density at radius 1 is 1.23 bits per heavy atom. The van der Waals surface area contributed by atoms with E-state index in [1.54, 1.807) is 0 Å². The van der Waals surface area contributed by atoms with Gasteiger partial charge in [-0.2, -0.15) is 0 Å². The number of carbonyl (C=O) groups is 1. The van der Waals surface area contributed by atoms with Gasteiger partial charge in [0.15, 0.2) is 17.8 Å². The van der Waals surface area contributed by atoms with E-state index >= 15 is 0 Å². The molecule has 2 atom stereocenters. The summed E-state index contributed by atoms with van der Waals surface area (Å²) in [4.78, 5) is 15.0. The van der Waals surface area contributed by atoms with Crippen LogP contribution in [0.25, 0.3) is 0 Å². The number of hydrogen-bond donors (Lipinski definition) is 3. The molecule has 1 unspecified atom stereocenters. The molecule has 4 rings (SSSR count). The summed E-state index contributed by atoms with van der Waals surface area (Å²) in [6.07, 6.45) is 0.921. The summed E-state index contributed by atoms with van der Waals surface area (Å²) < 4.78 is 22.1. The monoisotopic (exact) mass is 441 g/mol. The topological polar surface area (TPSA) is 116 Å². The lowest BCUT2D eigenvalue weighted by Gasteiger charge is -2.36. The Morgan fingerprint density at radius 2 is 1.97 bits per heavy atom. The highest BCUT2D eigenvalue weighted by atomic mass is 35.5. The second-order valence-electron chi connectivity index (χ2n) is 7.77. The number of nitrogens with two attached hydrogens (primary N) is 1. The van der Waals surface area contributed by atoms with Crippen LogP contribution < -0.4 is 20.5 Å². The third-order valence-electron chi connectivity index (χ3n) is 5.73. The lowest BCUT2D eigenvalue weighted by molar-refractivity contribution is -0.0576. The van der Waals surface area contributed by atoms with Crippen LogP contribution in [0.2, 0.25) is 5.02 Å². The first-order chi connectivity index (χ1) is 14.5. The van der Waals surface area contributed by atoms with Gasteiger partial charge >= 0.3 is 0 Å². The van der Waals surface area contributed by atoms with Crippen molar-refractivity contribution in [1.29, 1.82) is 0 Å². The van der Waals surface area contributed by atoms with E-state index in [9.17, 15) is 9.90 Å². The Bertz CT molecular complexity index is 773. The highest BCUT2D eigenvalue weighted by Crippen LogP contribution is 2.43. The van der Waals surface area contributed by atoms with Crippen molar-refractivity contribution in [3.8, 4) is 11.5 Å². The quantitative estimate of drug-likeness (QED) is 0.557. The molecule has 1 amide bonds. The molecule has 10 heteroatoms. The molecule has 0 aromatic heterocycles. The smallest absolute Gasteiger partial charge is 0.255 e. The molecule has 1 aromatic carbocycles. The molecule has 9 nitrogen and oxygen atoms in total. The molecule has 0 aliphatic carbocycles. The van der Waals surface area contributed by atoms with Crippen LogP contribution in [-0.4, -0.2) is 80.9 Å². The summed E-state index contributed by atoms with van der Waals surface area (Å²) in [7, 11) is 0. The lowest BCUT2D eigenvalue weighted by atomic mass is 9.93. The van der Waals surface area contributed by atoms with Gasteiger partial charge in [0.2, 0.25) is 0 Å². The molecule has 0 bridgehead atoms. The molecule has 2 fully saturated rings. The largest absolute Gasteiger partial charge is 0.485 e. The zero-order chi connectivity index (χ0) is 21.1. The fourth-order valence-electron chi connectivity index (χ4n) is 4.03. The Kier molecular flexibility index (Phi) is 6.84. The van der Waals surface area contributed by atoms with E-state index in [4.69, 9.17) is 36.3 Å². The van der Waals surface area contributed by atoms with Crippen molar-refractivity contribution in [2.45, 2.75) is 25.2 Å². The predicted octanol–water partition coefficient (Wildman–Crippen LogP) is 0.869. The van der Waals surface area contributed by atoms with Gasteiger partial charge < -0.3 is 40.0 Å². The van der Waals surface area contributed by atoms with Gasteiger partial charge in [0, 0.05) is 32.0 Å². The van der Waals surface area contributed by atoms with Crippen LogP contribution in [0.1, 0.15) is 23.2 Å². The minimum atomic E-state index is -0.520. The predicted molar refractivity (Wildman–Crippen MR) is 110 cm³/mol.